The van der Waals surface area contributed by atoms with Crippen LogP contribution in [0.1, 0.15) is 200 Å². The fourth-order valence-corrected chi connectivity index (χ4v) is 10.6. The fraction of sp³-hybridized carbons (Fsp3) is 0.567. The van der Waals surface area contributed by atoms with Crippen LogP contribution < -0.4 is 21.4 Å². The molecule has 1 aliphatic heterocycles. The standard InChI is InChI=1S/C66H94F2N3O13PS.CO2/c1-4-6-8-10-12-14-16-18-20-22-25-35-63(76)80-48-53(83-64(77)36-26-23-21-19-17-15-13-11-9-7-5-2)49-82-85(78,79-3)81-43-31-33-52(72)32-27-28-34-62(75)69-41-29-24-30-42-70-66(86)71-51-39-37-50(38-40-51)65-54-44-56(67)58(73)46-60(54)84-61-47-59(74)57(68)45-55(61)65;2-1-3/h10-13,37-40,44-47,53,73H,4-9,14-36,41-43,48-49H2,1-3H3,(H,69,75)(H2,70,71,86);/b12-10+,13-11+;. The van der Waals surface area contributed by atoms with E-state index < -0.39 is 55.3 Å². The molecule has 0 spiro atoms. The van der Waals surface area contributed by atoms with E-state index in [1.165, 1.54) is 32.8 Å². The number of hydrogen-bond acceptors (Lipinski definition) is 16. The number of aromatic hydroxyl groups is 1. The lowest BCUT2D eigenvalue weighted by Crippen LogP contribution is -2.29. The number of ketones is 1. The van der Waals surface area contributed by atoms with Crippen molar-refractivity contribution >= 4 is 71.6 Å². The van der Waals surface area contributed by atoms with Crippen molar-refractivity contribution in [2.75, 3.05) is 45.3 Å². The van der Waals surface area contributed by atoms with Crippen LogP contribution >= 0.6 is 20.0 Å². The van der Waals surface area contributed by atoms with Gasteiger partial charge in [-0.3, -0.25) is 37.5 Å². The van der Waals surface area contributed by atoms with Crippen molar-refractivity contribution in [3.05, 3.63) is 94.7 Å². The molecule has 0 aromatic heterocycles. The second-order valence-corrected chi connectivity index (χ2v) is 23.9. The predicted octanol–water partition coefficient (Wildman–Crippen LogP) is 15.6. The molecule has 18 nitrogen and oxygen atoms in total. The van der Waals surface area contributed by atoms with Crippen molar-refractivity contribution in [2.45, 2.75) is 206 Å². The second kappa shape index (κ2) is 46.6. The van der Waals surface area contributed by atoms with Crippen LogP contribution in [0.15, 0.2) is 82.0 Å². The highest BCUT2D eigenvalue weighted by molar-refractivity contribution is 7.80. The third-order valence-electron chi connectivity index (χ3n) is 14.3. The van der Waals surface area contributed by atoms with Crippen molar-refractivity contribution < 1.29 is 74.7 Å². The highest BCUT2D eigenvalue weighted by atomic mass is 32.1. The van der Waals surface area contributed by atoms with Crippen LogP contribution in [-0.4, -0.2) is 86.1 Å². The fourth-order valence-electron chi connectivity index (χ4n) is 9.41. The van der Waals surface area contributed by atoms with E-state index in [0.717, 1.165) is 121 Å². The monoisotopic (exact) mass is 1280 g/mol. The molecule has 1 amide bonds. The Kier molecular flexibility index (Phi) is 40.2. The Bertz CT molecular complexity index is 2910. The molecule has 4 N–H and O–H groups in total. The summed E-state index contributed by atoms with van der Waals surface area (Å²) in [7, 11) is -2.95. The number of hydrogen-bond donors (Lipinski definition) is 4. The average molecular weight is 1280 g/mol. The molecule has 1 aliphatic carbocycles. The van der Waals surface area contributed by atoms with Gasteiger partial charge in [0.05, 0.1) is 13.2 Å². The topological polar surface area (TPSA) is 252 Å². The molecule has 4 rings (SSSR count). The molecule has 0 saturated heterocycles. The minimum atomic E-state index is -4.12. The molecule has 0 fully saturated rings. The van der Waals surface area contributed by atoms with Crippen LogP contribution in [0.4, 0.5) is 14.5 Å². The Morgan fingerprint density at radius 3 is 1.84 bits per heavy atom. The van der Waals surface area contributed by atoms with Gasteiger partial charge in [-0.25, -0.2) is 13.3 Å². The molecule has 2 aliphatic rings. The summed E-state index contributed by atoms with van der Waals surface area (Å²) in [5, 5.41) is 19.8. The number of esters is 2. The molecule has 0 radical (unpaired) electrons. The Morgan fingerprint density at radius 1 is 0.663 bits per heavy atom. The number of thiocarbonyl (C=S) groups is 1. The number of phosphoric ester groups is 1. The van der Waals surface area contributed by atoms with Gasteiger partial charge in [0.25, 0.3) is 0 Å². The Hall–Kier alpha value is -6.47. The van der Waals surface area contributed by atoms with E-state index in [2.05, 4.69) is 54.1 Å². The van der Waals surface area contributed by atoms with Crippen molar-refractivity contribution in [1.82, 2.24) is 10.6 Å². The Balaban J connectivity index is 0.00000675. The zero-order valence-electron chi connectivity index (χ0n) is 52.3. The highest BCUT2D eigenvalue weighted by Crippen LogP contribution is 2.49. The number of fused-ring (bicyclic) bond motifs is 2. The maximum absolute atomic E-state index is 14.5. The van der Waals surface area contributed by atoms with Crippen LogP contribution in [-0.2, 0) is 56.4 Å². The number of phosphoric acid groups is 1. The minimum absolute atomic E-state index is 0.0254. The second-order valence-electron chi connectivity index (χ2n) is 21.8. The zero-order chi connectivity index (χ0) is 64.9. The summed E-state index contributed by atoms with van der Waals surface area (Å²) in [5.41, 5.74) is 1.19. The summed E-state index contributed by atoms with van der Waals surface area (Å²) < 4.78 is 75.4. The van der Waals surface area contributed by atoms with Gasteiger partial charge in [0.2, 0.25) is 11.3 Å². The van der Waals surface area contributed by atoms with Gasteiger partial charge >= 0.3 is 25.9 Å². The summed E-state index contributed by atoms with van der Waals surface area (Å²) in [4.78, 5) is 79.1. The minimum Gasteiger partial charge on any atom is -0.505 e. The van der Waals surface area contributed by atoms with Gasteiger partial charge < -0.3 is 34.9 Å². The SMILES string of the molecule is CCCC/C=C/CCCCCCCC(=O)OCC(COP(=O)(OC)OCCCC(=O)CCCCC(=O)NCCCCCNC(=S)Nc1ccc(-c2c3cc(F)c(=O)cc-3oc3cc(O)c(F)cc23)cc1)OC(=O)CCCCCCC/C=C/CCCC.O=C=O. The van der Waals surface area contributed by atoms with Crippen molar-refractivity contribution in [2.24, 2.45) is 0 Å². The van der Waals surface area contributed by atoms with Gasteiger partial charge in [-0.15, -0.1) is 0 Å². The van der Waals surface area contributed by atoms with Gasteiger partial charge in [-0.2, -0.15) is 9.59 Å². The van der Waals surface area contributed by atoms with Crippen molar-refractivity contribution in [3.63, 3.8) is 0 Å². The number of anilines is 1. The van der Waals surface area contributed by atoms with Crippen LogP contribution in [0, 0.1) is 11.6 Å². The lowest BCUT2D eigenvalue weighted by atomic mass is 9.93. The predicted molar refractivity (Wildman–Crippen MR) is 344 cm³/mol. The normalized spacial score (nSPS) is 12.3. The van der Waals surface area contributed by atoms with Gasteiger partial charge in [0, 0.05) is 86.6 Å². The molecule has 2 aromatic rings. The number of allylic oxidation sites excluding steroid dienone is 4. The molecule has 2 unspecified atom stereocenters. The van der Waals surface area contributed by atoms with E-state index in [1.807, 2.05) is 0 Å². The molecule has 0 bridgehead atoms. The zero-order valence-corrected chi connectivity index (χ0v) is 54.0. The van der Waals surface area contributed by atoms with Gasteiger partial charge in [-0.1, -0.05) is 114 Å². The largest absolute Gasteiger partial charge is 0.505 e. The summed E-state index contributed by atoms with van der Waals surface area (Å²) in [6.07, 6.45) is 31.9. The van der Waals surface area contributed by atoms with E-state index >= 15 is 0 Å². The van der Waals surface area contributed by atoms with E-state index in [4.69, 9.17) is 49.3 Å². The molecule has 0 saturated carbocycles. The smallest absolute Gasteiger partial charge is 0.474 e. The van der Waals surface area contributed by atoms with E-state index in [1.54, 1.807) is 24.3 Å². The lowest BCUT2D eigenvalue weighted by Gasteiger charge is -2.21. The average Bonchev–Trinajstić information content (AvgIpc) is 1.09. The third-order valence-corrected chi connectivity index (χ3v) is 16.0. The number of nitrogens with one attached hydrogen (secondary N) is 3. The molecule has 2 atom stereocenters. The molecule has 2 aromatic carbocycles. The molecule has 492 valence electrons. The summed E-state index contributed by atoms with van der Waals surface area (Å²) in [5.74, 6) is -3.41. The number of rotatable bonds is 47. The maximum atomic E-state index is 14.5. The Morgan fingerprint density at radius 2 is 1.21 bits per heavy atom. The van der Waals surface area contributed by atoms with E-state index in [-0.39, 0.29) is 91.9 Å². The van der Waals surface area contributed by atoms with Crippen molar-refractivity contribution in [3.8, 4) is 28.2 Å². The van der Waals surface area contributed by atoms with E-state index in [0.29, 0.717) is 60.7 Å². The number of benzene rings is 3. The first-order valence-corrected chi connectivity index (χ1v) is 33.5. The number of carbonyl (C=O) groups excluding carboxylic acids is 6. The third kappa shape index (κ3) is 33.3. The lowest BCUT2D eigenvalue weighted by molar-refractivity contribution is -0.191. The number of carbonyl (C=O) groups is 4. The summed E-state index contributed by atoms with van der Waals surface area (Å²) >= 11 is 5.48. The van der Waals surface area contributed by atoms with Gasteiger partial charge in [0.15, 0.2) is 28.6 Å². The number of Topliss-reactive ketones (excluding diaryl/α,β-unsaturated/α-hetero) is 1. The quantitative estimate of drug-likeness (QED) is 0.00801. The van der Waals surface area contributed by atoms with E-state index in [9.17, 15) is 42.4 Å². The molecular formula is C67H94F2N3O15PS. The first-order valence-electron chi connectivity index (χ1n) is 31.7. The van der Waals surface area contributed by atoms with Crippen molar-refractivity contribution in [1.29, 1.82) is 0 Å². The number of phenolic OH excluding ortho intramolecular Hbond substituents is 1. The number of ether oxygens (including phenoxy) is 2. The Labute approximate surface area is 529 Å². The van der Waals surface area contributed by atoms with Crippen LogP contribution in [0.5, 0.6) is 5.75 Å². The van der Waals surface area contributed by atoms with Crippen LogP contribution in [0.3, 0.4) is 0 Å². The van der Waals surface area contributed by atoms with Gasteiger partial charge in [-0.05, 0) is 132 Å². The maximum Gasteiger partial charge on any atom is 0.474 e. The molecular weight excluding hydrogens is 1190 g/mol. The molecule has 22 heteroatoms. The number of amides is 1. The van der Waals surface area contributed by atoms with Crippen LogP contribution in [0.25, 0.3) is 33.4 Å². The summed E-state index contributed by atoms with van der Waals surface area (Å²) in [6, 6.07) is 11.3. The number of unbranched alkanes of at least 4 members (excludes halogenated alkanes) is 17. The number of halogens is 2. The summed E-state index contributed by atoms with van der Waals surface area (Å²) in [6.45, 7) is 4.71. The first-order chi connectivity index (χ1) is 43.1. The molecule has 89 heavy (non-hydrogen) atoms. The number of phenols is 1. The molecule has 1 heterocycles. The van der Waals surface area contributed by atoms with Gasteiger partial charge in [0.1, 0.15) is 23.7 Å². The first kappa shape index (κ1) is 76.8. The highest BCUT2D eigenvalue weighted by Gasteiger charge is 2.29. The van der Waals surface area contributed by atoms with Crippen LogP contribution in [0.2, 0.25) is 0 Å².